The lowest BCUT2D eigenvalue weighted by atomic mass is 9.79. The van der Waals surface area contributed by atoms with Gasteiger partial charge in [0.2, 0.25) is 0 Å². The number of ether oxygens (including phenoxy) is 7. The second kappa shape index (κ2) is 14.9. The molecule has 0 aromatic rings. The first-order chi connectivity index (χ1) is 19.3. The third kappa shape index (κ3) is 8.58. The Kier molecular flexibility index (Phi) is 12.1. The maximum Gasteiger partial charge on any atom is 0.333 e. The van der Waals surface area contributed by atoms with Crippen molar-refractivity contribution in [1.29, 1.82) is 0 Å². The molecule has 0 aliphatic carbocycles. The Bertz CT molecular complexity index is 1140. The van der Waals surface area contributed by atoms with Gasteiger partial charge in [0.25, 0.3) is 0 Å². The van der Waals surface area contributed by atoms with Crippen LogP contribution in [0.15, 0.2) is 61.1 Å². The fourth-order valence-corrected chi connectivity index (χ4v) is 4.78. The van der Waals surface area contributed by atoms with Crippen LogP contribution in [-0.2, 0) is 52.3 Å². The van der Waals surface area contributed by atoms with Crippen LogP contribution in [0.2, 0.25) is 0 Å². The standard InChI is InChI=1S/C13H16O4.C9H12O3.C8H10O4.CH4/c1-6(2)13(14)17-10-4-9-8-5-15-7(3)11(8)12(10)16-9;1-6(2)9(10)12-8-4-5-11-7(8)3;1-5(2)8(10)12-6-3-7(9)11-4-6;/h8-12H,1,3-5H2,2H3;8H,1,3-5H2,2H3;6H,1,3-4H2,2H3;1H4. The van der Waals surface area contributed by atoms with Gasteiger partial charge in [-0.1, -0.05) is 40.3 Å². The second-order valence-electron chi connectivity index (χ2n) is 10.5. The molecule has 7 atom stereocenters. The molecule has 5 rings (SSSR count). The van der Waals surface area contributed by atoms with Crippen LogP contribution in [0, 0.1) is 11.8 Å². The normalized spacial score (nSPS) is 29.5. The molecule has 5 aliphatic heterocycles. The third-order valence-electron chi connectivity index (χ3n) is 6.97. The molecular formula is C31H42O11. The van der Waals surface area contributed by atoms with Crippen LogP contribution in [-0.4, -0.2) is 74.2 Å². The lowest BCUT2D eigenvalue weighted by Gasteiger charge is -2.26. The van der Waals surface area contributed by atoms with Gasteiger partial charge >= 0.3 is 23.9 Å². The van der Waals surface area contributed by atoms with Gasteiger partial charge in [0, 0.05) is 35.5 Å². The molecule has 7 unspecified atom stereocenters. The minimum atomic E-state index is -0.474. The number of carbonyl (C=O) groups excluding carboxylic acids is 4. The quantitative estimate of drug-likeness (QED) is 0.253. The molecule has 5 aliphatic rings. The predicted molar refractivity (Wildman–Crippen MR) is 151 cm³/mol. The highest BCUT2D eigenvalue weighted by Gasteiger charge is 2.59. The molecule has 0 spiro atoms. The molecule has 232 valence electrons. The Morgan fingerprint density at radius 1 is 0.810 bits per heavy atom. The summed E-state index contributed by atoms with van der Waals surface area (Å²) in [5.41, 5.74) is 1.15. The van der Waals surface area contributed by atoms with E-state index in [1.165, 1.54) is 0 Å². The summed E-state index contributed by atoms with van der Waals surface area (Å²) in [5.74, 6) is 0.374. The summed E-state index contributed by atoms with van der Waals surface area (Å²) in [5, 5.41) is 0. The SMILES string of the molecule is C.C=C(C)C(=O)OC1CC2OC1C1C(=C)OCC21.C=C(C)C(=O)OC1CCOC1=C.C=C(C)C(=O)OC1COC(=O)C1. The fraction of sp³-hybridized carbons (Fsp3) is 0.548. The van der Waals surface area contributed by atoms with Gasteiger partial charge in [-0.15, -0.1) is 0 Å². The van der Waals surface area contributed by atoms with Crippen LogP contribution in [0.5, 0.6) is 0 Å². The Morgan fingerprint density at radius 3 is 1.93 bits per heavy atom. The molecule has 11 heteroatoms. The van der Waals surface area contributed by atoms with E-state index in [4.69, 9.17) is 28.4 Å². The van der Waals surface area contributed by atoms with Crippen LogP contribution in [0.3, 0.4) is 0 Å². The predicted octanol–water partition coefficient (Wildman–Crippen LogP) is 3.89. The van der Waals surface area contributed by atoms with E-state index in [-0.39, 0.29) is 68.7 Å². The molecule has 5 fully saturated rings. The Balaban J connectivity index is 0.000000224. The van der Waals surface area contributed by atoms with Crippen molar-refractivity contribution < 1.29 is 52.3 Å². The first kappa shape index (κ1) is 34.3. The number of hydrogen-bond donors (Lipinski definition) is 0. The van der Waals surface area contributed by atoms with Crippen molar-refractivity contribution in [3.63, 3.8) is 0 Å². The number of cyclic esters (lactones) is 1. The molecule has 0 radical (unpaired) electrons. The van der Waals surface area contributed by atoms with Crippen molar-refractivity contribution in [3.8, 4) is 0 Å². The van der Waals surface area contributed by atoms with Gasteiger partial charge in [-0.2, -0.15) is 0 Å². The van der Waals surface area contributed by atoms with Crippen molar-refractivity contribution in [2.45, 2.75) is 78.0 Å². The summed E-state index contributed by atoms with van der Waals surface area (Å²) in [6.45, 7) is 24.2. The zero-order chi connectivity index (χ0) is 30.4. The Labute approximate surface area is 247 Å². The van der Waals surface area contributed by atoms with E-state index >= 15 is 0 Å². The highest BCUT2D eigenvalue weighted by molar-refractivity contribution is 5.88. The van der Waals surface area contributed by atoms with Gasteiger partial charge in [-0.3, -0.25) is 4.79 Å². The van der Waals surface area contributed by atoms with Crippen molar-refractivity contribution in [3.05, 3.63) is 61.1 Å². The highest BCUT2D eigenvalue weighted by atomic mass is 16.6. The number of carbonyl (C=O) groups is 4. The molecule has 0 aromatic heterocycles. The van der Waals surface area contributed by atoms with E-state index in [0.717, 1.165) is 12.2 Å². The number of rotatable bonds is 6. The van der Waals surface area contributed by atoms with Gasteiger partial charge in [0.15, 0.2) is 6.10 Å². The maximum atomic E-state index is 11.5. The summed E-state index contributed by atoms with van der Waals surface area (Å²) in [6, 6.07) is 0. The van der Waals surface area contributed by atoms with E-state index in [1.807, 2.05) is 0 Å². The van der Waals surface area contributed by atoms with Crippen molar-refractivity contribution in [2.24, 2.45) is 11.8 Å². The Morgan fingerprint density at radius 2 is 1.40 bits per heavy atom. The van der Waals surface area contributed by atoms with Gasteiger partial charge in [-0.25, -0.2) is 14.4 Å². The molecule has 0 amide bonds. The molecule has 5 saturated heterocycles. The monoisotopic (exact) mass is 590 g/mol. The van der Waals surface area contributed by atoms with E-state index < -0.39 is 12.1 Å². The summed E-state index contributed by atoms with van der Waals surface area (Å²) < 4.78 is 36.3. The number of esters is 4. The minimum Gasteiger partial charge on any atom is -0.498 e. The van der Waals surface area contributed by atoms with Crippen LogP contribution in [0.1, 0.15) is 47.5 Å². The molecular weight excluding hydrogens is 548 g/mol. The lowest BCUT2D eigenvalue weighted by molar-refractivity contribution is -0.147. The molecule has 11 nitrogen and oxygen atoms in total. The van der Waals surface area contributed by atoms with Gasteiger partial charge < -0.3 is 33.2 Å². The lowest BCUT2D eigenvalue weighted by Crippen LogP contribution is -2.38. The largest absolute Gasteiger partial charge is 0.498 e. The second-order valence-corrected chi connectivity index (χ2v) is 10.5. The summed E-state index contributed by atoms with van der Waals surface area (Å²) in [7, 11) is 0. The first-order valence-corrected chi connectivity index (χ1v) is 13.3. The minimum absolute atomic E-state index is 0. The van der Waals surface area contributed by atoms with Gasteiger partial charge in [0.1, 0.15) is 30.7 Å². The summed E-state index contributed by atoms with van der Waals surface area (Å²) >= 11 is 0. The third-order valence-corrected chi connectivity index (χ3v) is 6.97. The van der Waals surface area contributed by atoms with Crippen molar-refractivity contribution in [2.75, 3.05) is 19.8 Å². The van der Waals surface area contributed by atoms with E-state index in [2.05, 4.69) is 37.6 Å². The number of fused-ring (bicyclic) bond motifs is 5. The van der Waals surface area contributed by atoms with Gasteiger partial charge in [-0.05, 0) is 20.8 Å². The van der Waals surface area contributed by atoms with Gasteiger partial charge in [0.05, 0.1) is 37.4 Å². The van der Waals surface area contributed by atoms with Crippen LogP contribution in [0.4, 0.5) is 0 Å². The average Bonchev–Trinajstić information content (AvgIpc) is 3.72. The molecule has 0 N–H and O–H groups in total. The average molecular weight is 591 g/mol. The fourth-order valence-electron chi connectivity index (χ4n) is 4.78. The molecule has 42 heavy (non-hydrogen) atoms. The molecule has 0 aromatic carbocycles. The van der Waals surface area contributed by atoms with E-state index in [1.54, 1.807) is 20.8 Å². The van der Waals surface area contributed by atoms with Crippen LogP contribution in [0.25, 0.3) is 0 Å². The highest BCUT2D eigenvalue weighted by Crippen LogP contribution is 2.51. The zero-order valence-electron chi connectivity index (χ0n) is 23.8. The van der Waals surface area contributed by atoms with Crippen LogP contribution >= 0.6 is 0 Å². The zero-order valence-corrected chi connectivity index (χ0v) is 23.8. The van der Waals surface area contributed by atoms with Crippen molar-refractivity contribution >= 4 is 23.9 Å². The molecule has 5 heterocycles. The van der Waals surface area contributed by atoms with E-state index in [9.17, 15) is 19.2 Å². The van der Waals surface area contributed by atoms with Crippen molar-refractivity contribution in [1.82, 2.24) is 0 Å². The maximum absolute atomic E-state index is 11.5. The summed E-state index contributed by atoms with van der Waals surface area (Å²) in [6.07, 6.45) is 0.786. The van der Waals surface area contributed by atoms with E-state index in [0.29, 0.717) is 48.0 Å². The summed E-state index contributed by atoms with van der Waals surface area (Å²) in [4.78, 5) is 44.0. The molecule has 0 saturated carbocycles. The topological polar surface area (TPSA) is 133 Å². The van der Waals surface area contributed by atoms with Crippen LogP contribution < -0.4 is 0 Å². The Hall–Kier alpha value is -3.86. The first-order valence-electron chi connectivity index (χ1n) is 13.3. The molecule has 2 bridgehead atoms. The number of hydrogen-bond acceptors (Lipinski definition) is 11. The smallest absolute Gasteiger partial charge is 0.333 e.